The van der Waals surface area contributed by atoms with Crippen LogP contribution in [0.3, 0.4) is 0 Å². The van der Waals surface area contributed by atoms with Crippen molar-refractivity contribution >= 4 is 5.91 Å². The number of carbonyl (C=O) groups excluding carboxylic acids is 1. The van der Waals surface area contributed by atoms with Crippen molar-refractivity contribution in [2.24, 2.45) is 0 Å². The second kappa shape index (κ2) is 7.68. The van der Waals surface area contributed by atoms with Crippen molar-refractivity contribution in [3.63, 3.8) is 0 Å². The van der Waals surface area contributed by atoms with Crippen LogP contribution in [0.25, 0.3) is 0 Å². The van der Waals surface area contributed by atoms with Crippen LogP contribution >= 0.6 is 0 Å². The average Bonchev–Trinajstić information content (AvgIpc) is 3.44. The number of ether oxygens (including phenoxy) is 2. The van der Waals surface area contributed by atoms with Gasteiger partial charge >= 0.3 is 0 Å². The number of amides is 1. The summed E-state index contributed by atoms with van der Waals surface area (Å²) in [5, 5.41) is 4.01. The molecule has 4 rings (SSSR count). The number of carbonyl (C=O) groups is 1. The third-order valence-corrected chi connectivity index (χ3v) is 5.20. The summed E-state index contributed by atoms with van der Waals surface area (Å²) in [6, 6.07) is 5.54. The molecule has 0 N–H and O–H groups in total. The van der Waals surface area contributed by atoms with Gasteiger partial charge in [0.25, 0.3) is 11.8 Å². The molecule has 1 aromatic heterocycles. The van der Waals surface area contributed by atoms with Gasteiger partial charge in [0.1, 0.15) is 12.4 Å². The van der Waals surface area contributed by atoms with E-state index in [4.69, 9.17) is 14.0 Å². The average molecular weight is 371 g/mol. The Morgan fingerprint density at radius 2 is 2.19 bits per heavy atom. The van der Waals surface area contributed by atoms with Gasteiger partial charge in [-0.25, -0.2) is 0 Å². The van der Waals surface area contributed by atoms with Crippen LogP contribution in [0.2, 0.25) is 0 Å². The van der Waals surface area contributed by atoms with Crippen LogP contribution in [0.5, 0.6) is 5.75 Å². The first kappa shape index (κ1) is 18.0. The van der Waals surface area contributed by atoms with Crippen LogP contribution in [0.4, 0.5) is 0 Å². The number of rotatable bonds is 6. The molecule has 7 heteroatoms. The molecule has 7 nitrogen and oxygen atoms in total. The van der Waals surface area contributed by atoms with Gasteiger partial charge in [-0.3, -0.25) is 4.79 Å². The van der Waals surface area contributed by atoms with Crippen molar-refractivity contribution in [1.82, 2.24) is 15.0 Å². The lowest BCUT2D eigenvalue weighted by atomic mass is 10.0. The monoisotopic (exact) mass is 371 g/mol. The standard InChI is InChI=1S/C20H25N3O4/c1-13-10-15(25-2)7-8-17(13)20(24)23-9-3-4-16(11-23)26-12-18-21-19(22-27-18)14-5-6-14/h7-8,10,14,16H,3-6,9,11-12H2,1-2H3. The molecule has 0 radical (unpaired) electrons. The molecule has 0 spiro atoms. The minimum atomic E-state index is -0.0162. The molecular weight excluding hydrogens is 346 g/mol. The smallest absolute Gasteiger partial charge is 0.254 e. The van der Waals surface area contributed by atoms with E-state index in [1.54, 1.807) is 7.11 Å². The highest BCUT2D eigenvalue weighted by atomic mass is 16.5. The van der Waals surface area contributed by atoms with E-state index in [9.17, 15) is 4.79 Å². The summed E-state index contributed by atoms with van der Waals surface area (Å²) >= 11 is 0. The van der Waals surface area contributed by atoms with Crippen LogP contribution in [0.1, 0.15) is 59.2 Å². The second-order valence-electron chi connectivity index (χ2n) is 7.33. The van der Waals surface area contributed by atoms with Gasteiger partial charge < -0.3 is 18.9 Å². The van der Waals surface area contributed by atoms with Gasteiger partial charge in [-0.1, -0.05) is 5.16 Å². The van der Waals surface area contributed by atoms with Crippen molar-refractivity contribution in [3.05, 3.63) is 41.0 Å². The van der Waals surface area contributed by atoms with Gasteiger partial charge in [0.15, 0.2) is 5.82 Å². The van der Waals surface area contributed by atoms with Gasteiger partial charge in [-0.15, -0.1) is 0 Å². The third kappa shape index (κ3) is 4.13. The van der Waals surface area contributed by atoms with Crippen LogP contribution in [0.15, 0.2) is 22.7 Å². The molecule has 1 saturated heterocycles. The Morgan fingerprint density at radius 3 is 2.93 bits per heavy atom. The number of nitrogens with zero attached hydrogens (tertiary/aromatic N) is 3. The number of hydrogen-bond donors (Lipinski definition) is 0. The molecule has 2 fully saturated rings. The van der Waals surface area contributed by atoms with Crippen molar-refractivity contribution in [2.45, 2.75) is 51.2 Å². The quantitative estimate of drug-likeness (QED) is 0.776. The molecule has 27 heavy (non-hydrogen) atoms. The predicted molar refractivity (Wildman–Crippen MR) is 97.7 cm³/mol. The van der Waals surface area contributed by atoms with Gasteiger partial charge in [-0.05, 0) is 56.4 Å². The molecule has 1 saturated carbocycles. The van der Waals surface area contributed by atoms with E-state index < -0.39 is 0 Å². The van der Waals surface area contributed by atoms with Gasteiger partial charge in [0.05, 0.1) is 13.2 Å². The first-order valence-electron chi connectivity index (χ1n) is 9.52. The normalized spacial score (nSPS) is 19.9. The topological polar surface area (TPSA) is 77.7 Å². The van der Waals surface area contributed by atoms with Crippen molar-refractivity contribution < 1.29 is 18.8 Å². The Morgan fingerprint density at radius 1 is 1.33 bits per heavy atom. The fourth-order valence-corrected chi connectivity index (χ4v) is 3.46. The molecule has 2 aliphatic rings. The summed E-state index contributed by atoms with van der Waals surface area (Å²) in [5.74, 6) is 2.58. The number of piperidine rings is 1. The summed E-state index contributed by atoms with van der Waals surface area (Å²) in [7, 11) is 1.62. The predicted octanol–water partition coefficient (Wildman–Crippen LogP) is 3.09. The van der Waals surface area contributed by atoms with Gasteiger partial charge in [-0.2, -0.15) is 4.98 Å². The van der Waals surface area contributed by atoms with Crippen LogP contribution < -0.4 is 4.74 Å². The number of benzene rings is 1. The molecule has 1 atom stereocenters. The molecule has 1 unspecified atom stereocenters. The number of aryl methyl sites for hydroxylation is 1. The van der Waals surface area contributed by atoms with E-state index >= 15 is 0 Å². The molecule has 0 bridgehead atoms. The van der Waals surface area contributed by atoms with Gasteiger partial charge in [0.2, 0.25) is 0 Å². The Bertz CT molecular complexity index is 815. The number of methoxy groups -OCH3 is 1. The lowest BCUT2D eigenvalue weighted by Gasteiger charge is -2.32. The van der Waals surface area contributed by atoms with Crippen LogP contribution in [0, 0.1) is 6.92 Å². The van der Waals surface area contributed by atoms with Crippen LogP contribution in [-0.2, 0) is 11.3 Å². The Balaban J connectivity index is 1.34. The van der Waals surface area contributed by atoms with E-state index in [2.05, 4.69) is 10.1 Å². The fraction of sp³-hybridized carbons (Fsp3) is 0.550. The van der Waals surface area contributed by atoms with Crippen molar-refractivity contribution in [3.8, 4) is 5.75 Å². The molecule has 144 valence electrons. The lowest BCUT2D eigenvalue weighted by molar-refractivity contribution is -0.0153. The third-order valence-electron chi connectivity index (χ3n) is 5.20. The molecule has 1 aliphatic carbocycles. The summed E-state index contributed by atoms with van der Waals surface area (Å²) in [6.45, 7) is 3.55. The second-order valence-corrected chi connectivity index (χ2v) is 7.33. The SMILES string of the molecule is COc1ccc(C(=O)N2CCCC(OCc3nc(C4CC4)no3)C2)c(C)c1. The minimum absolute atomic E-state index is 0.0162. The highest BCUT2D eigenvalue weighted by Crippen LogP contribution is 2.38. The first-order chi connectivity index (χ1) is 13.1. The van der Waals surface area contributed by atoms with Crippen LogP contribution in [-0.4, -0.2) is 47.3 Å². The molecule has 1 aliphatic heterocycles. The first-order valence-corrected chi connectivity index (χ1v) is 9.52. The van der Waals surface area contributed by atoms with Crippen molar-refractivity contribution in [1.29, 1.82) is 0 Å². The fourth-order valence-electron chi connectivity index (χ4n) is 3.46. The van der Waals surface area contributed by atoms with Crippen molar-refractivity contribution in [2.75, 3.05) is 20.2 Å². The Hall–Kier alpha value is -2.41. The summed E-state index contributed by atoms with van der Waals surface area (Å²) in [6.07, 6.45) is 4.12. The number of likely N-dealkylation sites (tertiary alicyclic amines) is 1. The minimum Gasteiger partial charge on any atom is -0.497 e. The van der Waals surface area contributed by atoms with E-state index in [1.165, 1.54) is 0 Å². The lowest BCUT2D eigenvalue weighted by Crippen LogP contribution is -2.43. The van der Waals surface area contributed by atoms with E-state index in [-0.39, 0.29) is 12.0 Å². The highest BCUT2D eigenvalue weighted by Gasteiger charge is 2.29. The van der Waals surface area contributed by atoms with E-state index in [0.717, 1.165) is 49.4 Å². The Labute approximate surface area is 158 Å². The highest BCUT2D eigenvalue weighted by molar-refractivity contribution is 5.95. The van der Waals surface area contributed by atoms with E-state index in [1.807, 2.05) is 30.0 Å². The number of hydrogen-bond acceptors (Lipinski definition) is 6. The molecule has 2 heterocycles. The Kier molecular flexibility index (Phi) is 5.11. The summed E-state index contributed by atoms with van der Waals surface area (Å²) < 4.78 is 16.4. The summed E-state index contributed by atoms with van der Waals surface area (Å²) in [5.41, 5.74) is 1.63. The maximum absolute atomic E-state index is 12.9. The summed E-state index contributed by atoms with van der Waals surface area (Å²) in [4.78, 5) is 19.2. The molecule has 1 aromatic carbocycles. The zero-order valence-electron chi connectivity index (χ0n) is 15.8. The maximum Gasteiger partial charge on any atom is 0.254 e. The maximum atomic E-state index is 12.9. The molecule has 1 amide bonds. The van der Waals surface area contributed by atoms with Gasteiger partial charge in [0, 0.05) is 24.6 Å². The molecular formula is C20H25N3O4. The largest absolute Gasteiger partial charge is 0.497 e. The van der Waals surface area contributed by atoms with E-state index in [0.29, 0.717) is 30.5 Å². The number of aromatic nitrogens is 2. The zero-order valence-corrected chi connectivity index (χ0v) is 15.8. The molecule has 2 aromatic rings. The zero-order chi connectivity index (χ0) is 18.8.